The molecule has 1 aliphatic rings. The van der Waals surface area contributed by atoms with Crippen molar-refractivity contribution in [3.63, 3.8) is 0 Å². The number of morpholine rings is 1. The number of nitrogens with zero attached hydrogens (tertiary/aromatic N) is 4. The summed E-state index contributed by atoms with van der Waals surface area (Å²) in [5, 5.41) is 17.5. The molecule has 1 unspecified atom stereocenters. The number of rotatable bonds is 3. The first-order valence-corrected chi connectivity index (χ1v) is 6.54. The number of aliphatic carboxylic acids is 1. The number of aromatic nitrogens is 3. The molecule has 1 atom stereocenters. The number of fused-ring (bicyclic) bond motifs is 1. The summed E-state index contributed by atoms with van der Waals surface area (Å²) < 4.78 is 6.35. The van der Waals surface area contributed by atoms with Crippen LogP contribution in [0.1, 0.15) is 0 Å². The summed E-state index contributed by atoms with van der Waals surface area (Å²) in [6, 6.07) is 6.15. The second-order valence-corrected chi connectivity index (χ2v) is 4.79. The Morgan fingerprint density at radius 1 is 1.43 bits per heavy atom. The molecule has 8 nitrogen and oxygen atoms in total. The van der Waals surface area contributed by atoms with Crippen LogP contribution in [0.5, 0.6) is 0 Å². The van der Waals surface area contributed by atoms with Crippen molar-refractivity contribution in [3.8, 4) is 0 Å². The van der Waals surface area contributed by atoms with Gasteiger partial charge < -0.3 is 9.84 Å². The first-order chi connectivity index (χ1) is 10.2. The van der Waals surface area contributed by atoms with Crippen LogP contribution in [-0.4, -0.2) is 56.8 Å². The maximum atomic E-state index is 12.3. The Balaban J connectivity index is 1.92. The highest BCUT2D eigenvalue weighted by molar-refractivity contribution is 5.76. The van der Waals surface area contributed by atoms with E-state index in [-0.39, 0.29) is 18.8 Å². The molecular weight excluding hydrogens is 276 g/mol. The van der Waals surface area contributed by atoms with Crippen molar-refractivity contribution < 1.29 is 14.6 Å². The van der Waals surface area contributed by atoms with Gasteiger partial charge in [-0.2, -0.15) is 4.68 Å². The van der Waals surface area contributed by atoms with Crippen LogP contribution in [0.25, 0.3) is 10.9 Å². The Kier molecular flexibility index (Phi) is 3.63. The van der Waals surface area contributed by atoms with E-state index in [0.29, 0.717) is 24.1 Å². The molecule has 1 aliphatic heterocycles. The van der Waals surface area contributed by atoms with Crippen LogP contribution in [0.15, 0.2) is 29.1 Å². The third-order valence-electron chi connectivity index (χ3n) is 3.47. The summed E-state index contributed by atoms with van der Waals surface area (Å²) in [5.41, 5.74) is 0.242. The molecule has 1 fully saturated rings. The molecule has 2 heterocycles. The fourth-order valence-corrected chi connectivity index (χ4v) is 2.32. The largest absolute Gasteiger partial charge is 0.480 e. The van der Waals surface area contributed by atoms with Gasteiger partial charge in [-0.05, 0) is 12.1 Å². The molecule has 1 aromatic carbocycles. The lowest BCUT2D eigenvalue weighted by molar-refractivity contribution is -0.151. The summed E-state index contributed by atoms with van der Waals surface area (Å²) in [4.78, 5) is 25.2. The van der Waals surface area contributed by atoms with Crippen LogP contribution < -0.4 is 5.56 Å². The van der Waals surface area contributed by atoms with E-state index in [1.807, 2.05) is 0 Å². The smallest absolute Gasteiger partial charge is 0.323 e. The summed E-state index contributed by atoms with van der Waals surface area (Å²) in [6.07, 6.45) is 0. The highest BCUT2D eigenvalue weighted by Crippen LogP contribution is 2.09. The van der Waals surface area contributed by atoms with Gasteiger partial charge in [-0.15, -0.1) is 5.10 Å². The van der Waals surface area contributed by atoms with Crippen LogP contribution in [0, 0.1) is 0 Å². The molecule has 0 aliphatic carbocycles. The monoisotopic (exact) mass is 290 g/mol. The number of ether oxygens (including phenoxy) is 1. The minimum Gasteiger partial charge on any atom is -0.480 e. The molecule has 0 saturated carbocycles. The summed E-state index contributed by atoms with van der Waals surface area (Å²) in [7, 11) is 0. The maximum Gasteiger partial charge on any atom is 0.323 e. The summed E-state index contributed by atoms with van der Waals surface area (Å²) >= 11 is 0. The molecule has 1 aromatic heterocycles. The minimum absolute atomic E-state index is 0.0804. The van der Waals surface area contributed by atoms with Crippen LogP contribution in [0.3, 0.4) is 0 Å². The Labute approximate surface area is 119 Å². The van der Waals surface area contributed by atoms with Crippen LogP contribution >= 0.6 is 0 Å². The van der Waals surface area contributed by atoms with E-state index >= 15 is 0 Å². The number of benzene rings is 1. The van der Waals surface area contributed by atoms with Crippen molar-refractivity contribution in [2.75, 3.05) is 19.8 Å². The topological polar surface area (TPSA) is 97.6 Å². The predicted octanol–water partition coefficient (Wildman–Crippen LogP) is -0.466. The fourth-order valence-electron chi connectivity index (χ4n) is 2.32. The number of carbonyl (C=O) groups is 1. The molecule has 3 rings (SSSR count). The fraction of sp³-hybridized carbons (Fsp3) is 0.385. The normalized spacial score (nSPS) is 19.7. The second kappa shape index (κ2) is 5.58. The molecule has 8 heteroatoms. The average molecular weight is 290 g/mol. The van der Waals surface area contributed by atoms with Gasteiger partial charge in [-0.3, -0.25) is 14.5 Å². The molecule has 0 spiro atoms. The molecule has 1 saturated heterocycles. The van der Waals surface area contributed by atoms with E-state index in [1.165, 1.54) is 4.68 Å². The molecule has 0 amide bonds. The standard InChI is InChI=1S/C13H14N4O4/c18-12-9-3-1-2-4-10(9)14-15-17(12)8-16-5-6-21-7-11(16)13(19)20/h1-4,11H,5-8H2,(H,19,20). The van der Waals surface area contributed by atoms with E-state index in [1.54, 1.807) is 29.2 Å². The van der Waals surface area contributed by atoms with Gasteiger partial charge in [0.1, 0.15) is 11.6 Å². The molecular formula is C13H14N4O4. The third-order valence-corrected chi connectivity index (χ3v) is 3.47. The van der Waals surface area contributed by atoms with Gasteiger partial charge in [-0.25, -0.2) is 0 Å². The highest BCUT2D eigenvalue weighted by atomic mass is 16.5. The van der Waals surface area contributed by atoms with Gasteiger partial charge in [0.05, 0.1) is 25.3 Å². The zero-order valence-corrected chi connectivity index (χ0v) is 11.2. The van der Waals surface area contributed by atoms with Gasteiger partial charge >= 0.3 is 5.97 Å². The van der Waals surface area contributed by atoms with E-state index in [2.05, 4.69) is 10.3 Å². The van der Waals surface area contributed by atoms with E-state index in [4.69, 9.17) is 4.74 Å². The lowest BCUT2D eigenvalue weighted by atomic mass is 10.2. The predicted molar refractivity (Wildman–Crippen MR) is 72.7 cm³/mol. The Hall–Kier alpha value is -2.32. The van der Waals surface area contributed by atoms with Gasteiger partial charge in [0.25, 0.3) is 5.56 Å². The molecule has 0 bridgehead atoms. The maximum absolute atomic E-state index is 12.3. The van der Waals surface area contributed by atoms with Crippen LogP contribution in [-0.2, 0) is 16.2 Å². The number of hydrogen-bond acceptors (Lipinski definition) is 6. The van der Waals surface area contributed by atoms with Crippen LogP contribution in [0.2, 0.25) is 0 Å². The Morgan fingerprint density at radius 2 is 2.24 bits per heavy atom. The average Bonchev–Trinajstić information content (AvgIpc) is 2.51. The van der Waals surface area contributed by atoms with Crippen molar-refractivity contribution in [2.24, 2.45) is 0 Å². The zero-order chi connectivity index (χ0) is 14.8. The van der Waals surface area contributed by atoms with Gasteiger partial charge in [-0.1, -0.05) is 17.3 Å². The van der Waals surface area contributed by atoms with Gasteiger partial charge in [0.2, 0.25) is 0 Å². The molecule has 21 heavy (non-hydrogen) atoms. The second-order valence-electron chi connectivity index (χ2n) is 4.79. The van der Waals surface area contributed by atoms with Crippen molar-refractivity contribution >= 4 is 16.9 Å². The summed E-state index contributed by atoms with van der Waals surface area (Å²) in [5.74, 6) is -0.975. The molecule has 2 aromatic rings. The van der Waals surface area contributed by atoms with E-state index < -0.39 is 12.0 Å². The molecule has 0 radical (unpaired) electrons. The molecule has 110 valence electrons. The number of carboxylic acids is 1. The first kappa shape index (κ1) is 13.7. The summed E-state index contributed by atoms with van der Waals surface area (Å²) in [6.45, 7) is 1.04. The lowest BCUT2D eigenvalue weighted by Crippen LogP contribution is -2.51. The van der Waals surface area contributed by atoms with Crippen molar-refractivity contribution in [2.45, 2.75) is 12.7 Å². The Morgan fingerprint density at radius 3 is 3.05 bits per heavy atom. The van der Waals surface area contributed by atoms with Gasteiger partial charge in [0.15, 0.2) is 0 Å². The minimum atomic E-state index is -0.975. The quantitative estimate of drug-likeness (QED) is 0.816. The SMILES string of the molecule is O=C(O)C1COCCN1Cn1nnc2ccccc2c1=O. The highest BCUT2D eigenvalue weighted by Gasteiger charge is 2.29. The number of hydrogen-bond donors (Lipinski definition) is 1. The number of carboxylic acid groups (broad SMARTS) is 1. The third kappa shape index (κ3) is 2.63. The first-order valence-electron chi connectivity index (χ1n) is 6.54. The molecule has 1 N–H and O–H groups in total. The lowest BCUT2D eigenvalue weighted by Gasteiger charge is -2.32. The zero-order valence-electron chi connectivity index (χ0n) is 11.2. The Bertz CT molecular complexity index is 729. The van der Waals surface area contributed by atoms with Crippen LogP contribution in [0.4, 0.5) is 0 Å². The van der Waals surface area contributed by atoms with Crippen molar-refractivity contribution in [3.05, 3.63) is 34.6 Å². The van der Waals surface area contributed by atoms with E-state index in [9.17, 15) is 14.7 Å². The van der Waals surface area contributed by atoms with Gasteiger partial charge in [0, 0.05) is 6.54 Å². The van der Waals surface area contributed by atoms with E-state index in [0.717, 1.165) is 0 Å². The van der Waals surface area contributed by atoms with Crippen molar-refractivity contribution in [1.82, 2.24) is 19.9 Å². The van der Waals surface area contributed by atoms with Crippen molar-refractivity contribution in [1.29, 1.82) is 0 Å².